The quantitative estimate of drug-likeness (QED) is 0.293. The summed E-state index contributed by atoms with van der Waals surface area (Å²) in [6.07, 6.45) is 2.41. The van der Waals surface area contributed by atoms with Crippen LogP contribution in [-0.2, 0) is 16.3 Å². The Morgan fingerprint density at radius 3 is 2.54 bits per heavy atom. The molecular weight excluding hydrogens is 366 g/mol. The highest BCUT2D eigenvalue weighted by atomic mass is 35.5. The summed E-state index contributed by atoms with van der Waals surface area (Å²) in [6.45, 7) is 1.45. The number of unbranched alkanes of at least 4 members (excludes halogenated alkanes) is 1. The van der Waals surface area contributed by atoms with Crippen LogP contribution in [0.1, 0.15) is 30.4 Å². The first-order valence-corrected chi connectivity index (χ1v) is 9.08. The molecule has 0 unspecified atom stereocenters. The van der Waals surface area contributed by atoms with E-state index >= 15 is 0 Å². The van der Waals surface area contributed by atoms with E-state index in [9.17, 15) is 4.79 Å². The highest BCUT2D eigenvalue weighted by Crippen LogP contribution is 2.20. The number of ether oxygens (including phenoxy) is 1. The predicted octanol–water partition coefficient (Wildman–Crippen LogP) is 1.92. The molecule has 24 heavy (non-hydrogen) atoms. The number of rotatable bonds is 11. The molecule has 138 valence electrons. The molecule has 1 aromatic carbocycles. The lowest BCUT2D eigenvalue weighted by Crippen LogP contribution is -2.42. The van der Waals surface area contributed by atoms with Gasteiger partial charge in [0.05, 0.1) is 12.6 Å². The third-order valence-electron chi connectivity index (χ3n) is 3.49. The van der Waals surface area contributed by atoms with Gasteiger partial charge in [-0.25, -0.2) is 0 Å². The molecule has 0 heterocycles. The zero-order valence-corrected chi connectivity index (χ0v) is 16.3. The molecule has 0 aliphatic heterocycles. The van der Waals surface area contributed by atoms with Gasteiger partial charge in [-0.1, -0.05) is 12.5 Å². The van der Waals surface area contributed by atoms with E-state index in [-0.39, 0.29) is 18.3 Å². The number of carbonyl (C=O) groups excluding carboxylic acids is 1. The lowest BCUT2D eigenvalue weighted by molar-refractivity contribution is -0.122. The van der Waals surface area contributed by atoms with Gasteiger partial charge < -0.3 is 21.5 Å². The van der Waals surface area contributed by atoms with E-state index in [4.69, 9.17) is 16.2 Å². The molecule has 0 bridgehead atoms. The minimum absolute atomic E-state index is 0. The van der Waals surface area contributed by atoms with Crippen molar-refractivity contribution < 1.29 is 9.53 Å². The van der Waals surface area contributed by atoms with Gasteiger partial charge in [0.25, 0.3) is 0 Å². The van der Waals surface area contributed by atoms with Crippen molar-refractivity contribution in [3.63, 3.8) is 0 Å². The molecule has 8 heteroatoms. The summed E-state index contributed by atoms with van der Waals surface area (Å²) in [6, 6.07) is 5.37. The van der Waals surface area contributed by atoms with Crippen LogP contribution in [0.4, 0.5) is 0 Å². The Morgan fingerprint density at radius 1 is 1.21 bits per heavy atom. The maximum Gasteiger partial charge on any atom is 0.237 e. The number of hydrogen-bond donors (Lipinski definition) is 5. The molecule has 0 aliphatic rings. The van der Waals surface area contributed by atoms with Crippen molar-refractivity contribution in [1.29, 1.82) is 0 Å². The Labute approximate surface area is 161 Å². The zero-order valence-electron chi connectivity index (χ0n) is 13.7. The molecule has 1 aromatic rings. The fraction of sp³-hybridized carbons (Fsp3) is 0.562. The number of hydrogen-bond acceptors (Lipinski definition) is 6. The summed E-state index contributed by atoms with van der Waals surface area (Å²) in [7, 11) is 0. The monoisotopic (exact) mass is 393 g/mol. The van der Waals surface area contributed by atoms with Crippen LogP contribution in [0.15, 0.2) is 18.2 Å². The summed E-state index contributed by atoms with van der Waals surface area (Å²) in [5, 5.41) is 2.78. The molecule has 5 N–H and O–H groups in total. The van der Waals surface area contributed by atoms with Crippen LogP contribution < -0.4 is 21.5 Å². The van der Waals surface area contributed by atoms with E-state index in [2.05, 4.69) is 30.6 Å². The molecule has 1 rings (SSSR count). The van der Waals surface area contributed by atoms with Gasteiger partial charge in [-0.05, 0) is 42.6 Å². The molecule has 0 aromatic heterocycles. The molecule has 1 amide bonds. The molecular formula is C16H28ClN3O2S2. The average Bonchev–Trinajstić information content (AvgIpc) is 2.58. The van der Waals surface area contributed by atoms with E-state index in [1.54, 1.807) is 0 Å². The first-order chi connectivity index (χ1) is 11.1. The smallest absolute Gasteiger partial charge is 0.237 e. The number of halogens is 1. The van der Waals surface area contributed by atoms with E-state index in [0.717, 1.165) is 29.7 Å². The first-order valence-electron chi connectivity index (χ1n) is 7.82. The summed E-state index contributed by atoms with van der Waals surface area (Å²) < 4.78 is 5.65. The van der Waals surface area contributed by atoms with Gasteiger partial charge in [0.1, 0.15) is 12.4 Å². The highest BCUT2D eigenvalue weighted by molar-refractivity contribution is 7.79. The molecule has 0 aliphatic carbocycles. The summed E-state index contributed by atoms with van der Waals surface area (Å²) in [4.78, 5) is 11.8. The maximum absolute atomic E-state index is 11.8. The molecule has 1 atom stereocenters. The minimum Gasteiger partial charge on any atom is -0.492 e. The van der Waals surface area contributed by atoms with Crippen molar-refractivity contribution in [2.24, 2.45) is 11.5 Å². The van der Waals surface area contributed by atoms with Crippen LogP contribution in [0.25, 0.3) is 0 Å². The number of thiol groups is 2. The Bertz CT molecular complexity index is 492. The normalized spacial score (nSPS) is 11.5. The Balaban J connectivity index is 0.00000529. The molecule has 0 fully saturated rings. The van der Waals surface area contributed by atoms with E-state index in [1.165, 1.54) is 0 Å². The van der Waals surface area contributed by atoms with Crippen molar-refractivity contribution >= 4 is 43.6 Å². The van der Waals surface area contributed by atoms with Gasteiger partial charge in [0.2, 0.25) is 5.91 Å². The summed E-state index contributed by atoms with van der Waals surface area (Å²) in [5.74, 6) is 1.93. The second kappa shape index (κ2) is 13.7. The second-order valence-corrected chi connectivity index (χ2v) is 5.91. The number of nitrogens with two attached hydrogens (primary N) is 2. The van der Waals surface area contributed by atoms with Gasteiger partial charge in [0.15, 0.2) is 0 Å². The van der Waals surface area contributed by atoms with Gasteiger partial charge in [-0.2, -0.15) is 25.3 Å². The lowest BCUT2D eigenvalue weighted by atomic mass is 10.1. The van der Waals surface area contributed by atoms with Crippen molar-refractivity contribution in [2.75, 3.05) is 19.7 Å². The molecule has 0 saturated heterocycles. The number of amides is 1. The largest absolute Gasteiger partial charge is 0.492 e. The van der Waals surface area contributed by atoms with Crippen molar-refractivity contribution in [1.82, 2.24) is 5.32 Å². The van der Waals surface area contributed by atoms with Gasteiger partial charge in [0, 0.05) is 11.5 Å². The topological polar surface area (TPSA) is 90.4 Å². The third kappa shape index (κ3) is 8.48. The Kier molecular flexibility index (Phi) is 13.3. The minimum atomic E-state index is -0.480. The zero-order chi connectivity index (χ0) is 17.1. The third-order valence-corrected chi connectivity index (χ3v) is 4.18. The van der Waals surface area contributed by atoms with Crippen LogP contribution >= 0.6 is 37.7 Å². The van der Waals surface area contributed by atoms with Crippen LogP contribution in [-0.4, -0.2) is 31.6 Å². The standard InChI is InChI=1S/C16H27N3O2S2.ClH/c17-6-2-1-3-15(18)16(20)19-7-8-21-14-5-4-12(10-22)13(9-14)11-23;/h4-5,9,15,22-23H,1-3,6-8,10-11,17-18H2,(H,19,20);1H/t15-;/m1./s1. The Morgan fingerprint density at radius 2 is 1.92 bits per heavy atom. The first kappa shape index (κ1) is 23.4. The molecule has 0 saturated carbocycles. The van der Waals surface area contributed by atoms with Crippen molar-refractivity contribution in [2.45, 2.75) is 36.8 Å². The summed E-state index contributed by atoms with van der Waals surface area (Å²) >= 11 is 8.59. The van der Waals surface area contributed by atoms with Crippen LogP contribution in [0.3, 0.4) is 0 Å². The van der Waals surface area contributed by atoms with Crippen LogP contribution in [0, 0.1) is 0 Å². The fourth-order valence-corrected chi connectivity index (χ4v) is 2.71. The lowest BCUT2D eigenvalue weighted by Gasteiger charge is -2.13. The van der Waals surface area contributed by atoms with Gasteiger partial charge in [-0.15, -0.1) is 12.4 Å². The van der Waals surface area contributed by atoms with Gasteiger partial charge in [-0.3, -0.25) is 4.79 Å². The average molecular weight is 394 g/mol. The molecule has 0 radical (unpaired) electrons. The van der Waals surface area contributed by atoms with E-state index in [0.29, 0.717) is 37.6 Å². The number of benzene rings is 1. The highest BCUT2D eigenvalue weighted by Gasteiger charge is 2.12. The second-order valence-electron chi connectivity index (χ2n) is 5.28. The van der Waals surface area contributed by atoms with Gasteiger partial charge >= 0.3 is 0 Å². The number of nitrogens with one attached hydrogen (secondary N) is 1. The van der Waals surface area contributed by atoms with Crippen molar-refractivity contribution in [3.8, 4) is 5.75 Å². The van der Waals surface area contributed by atoms with Crippen LogP contribution in [0.5, 0.6) is 5.75 Å². The Hall–Kier alpha value is -0.600. The maximum atomic E-state index is 11.8. The number of carbonyl (C=O) groups is 1. The van der Waals surface area contributed by atoms with Crippen molar-refractivity contribution in [3.05, 3.63) is 29.3 Å². The summed E-state index contributed by atoms with van der Waals surface area (Å²) in [5.41, 5.74) is 13.5. The van der Waals surface area contributed by atoms with Crippen LogP contribution in [0.2, 0.25) is 0 Å². The fourth-order valence-electron chi connectivity index (χ4n) is 2.11. The van der Waals surface area contributed by atoms with E-state index < -0.39 is 6.04 Å². The van der Waals surface area contributed by atoms with E-state index in [1.807, 2.05) is 18.2 Å². The SMILES string of the molecule is Cl.NCCCC[C@@H](N)C(=O)NCCOc1ccc(CS)c(CS)c1. The predicted molar refractivity (Wildman–Crippen MR) is 108 cm³/mol. The molecule has 0 spiro atoms. The molecule has 5 nitrogen and oxygen atoms in total.